The van der Waals surface area contributed by atoms with Gasteiger partial charge in [0.1, 0.15) is 0 Å². The van der Waals surface area contributed by atoms with Crippen molar-refractivity contribution in [3.05, 3.63) is 35.4 Å². The zero-order valence-corrected chi connectivity index (χ0v) is 12.2. The molecule has 1 atom stereocenters. The number of hydrogen-bond acceptors (Lipinski definition) is 2. The van der Waals surface area contributed by atoms with Crippen molar-refractivity contribution in [2.75, 3.05) is 6.54 Å². The second-order valence-corrected chi connectivity index (χ2v) is 6.08. The molecule has 0 heterocycles. The summed E-state index contributed by atoms with van der Waals surface area (Å²) in [5.41, 5.74) is 2.35. The van der Waals surface area contributed by atoms with Crippen molar-refractivity contribution in [2.24, 2.45) is 0 Å². The predicted octanol–water partition coefficient (Wildman–Crippen LogP) is 3.77. The molecule has 0 bridgehead atoms. The standard InChI is InChI=1S/C17H27NO/c1-13(2)14-8-10-15(11-9-14)17(19)12-18-16-6-4-3-5-7-16/h8-11,13,16-19H,3-7,12H2,1-2H3. The fourth-order valence-corrected chi connectivity index (χ4v) is 2.81. The van der Waals surface area contributed by atoms with E-state index in [0.717, 1.165) is 5.56 Å². The van der Waals surface area contributed by atoms with E-state index >= 15 is 0 Å². The van der Waals surface area contributed by atoms with Crippen molar-refractivity contribution >= 4 is 0 Å². The van der Waals surface area contributed by atoms with Crippen LogP contribution < -0.4 is 5.32 Å². The molecular weight excluding hydrogens is 234 g/mol. The number of nitrogens with one attached hydrogen (secondary N) is 1. The Morgan fingerprint density at radius 1 is 1.05 bits per heavy atom. The van der Waals surface area contributed by atoms with Gasteiger partial charge in [0.15, 0.2) is 0 Å². The monoisotopic (exact) mass is 261 g/mol. The van der Waals surface area contributed by atoms with Crippen LogP contribution in [0.4, 0.5) is 0 Å². The lowest BCUT2D eigenvalue weighted by molar-refractivity contribution is 0.165. The van der Waals surface area contributed by atoms with Crippen LogP contribution in [0.15, 0.2) is 24.3 Å². The minimum absolute atomic E-state index is 0.386. The van der Waals surface area contributed by atoms with Gasteiger partial charge in [-0.25, -0.2) is 0 Å². The number of rotatable bonds is 5. The molecule has 0 radical (unpaired) electrons. The number of hydrogen-bond donors (Lipinski definition) is 2. The van der Waals surface area contributed by atoms with Crippen molar-refractivity contribution in [3.8, 4) is 0 Å². The van der Waals surface area contributed by atoms with Gasteiger partial charge in [0.05, 0.1) is 6.10 Å². The van der Waals surface area contributed by atoms with E-state index in [1.54, 1.807) is 0 Å². The molecule has 0 amide bonds. The molecule has 1 unspecified atom stereocenters. The third kappa shape index (κ3) is 4.32. The molecule has 1 aromatic carbocycles. The topological polar surface area (TPSA) is 32.3 Å². The van der Waals surface area contributed by atoms with Crippen LogP contribution in [-0.2, 0) is 0 Å². The highest BCUT2D eigenvalue weighted by molar-refractivity contribution is 5.26. The smallest absolute Gasteiger partial charge is 0.0914 e. The van der Waals surface area contributed by atoms with Crippen LogP contribution in [0.3, 0.4) is 0 Å². The second kappa shape index (κ2) is 7.06. The summed E-state index contributed by atoms with van der Waals surface area (Å²) < 4.78 is 0. The van der Waals surface area contributed by atoms with Crippen LogP contribution in [0.2, 0.25) is 0 Å². The largest absolute Gasteiger partial charge is 0.387 e. The van der Waals surface area contributed by atoms with E-state index in [2.05, 4.69) is 43.4 Å². The van der Waals surface area contributed by atoms with Crippen LogP contribution >= 0.6 is 0 Å². The zero-order chi connectivity index (χ0) is 13.7. The Bertz CT molecular complexity index is 365. The van der Waals surface area contributed by atoms with Crippen molar-refractivity contribution in [3.63, 3.8) is 0 Å². The van der Waals surface area contributed by atoms with E-state index in [4.69, 9.17) is 0 Å². The van der Waals surface area contributed by atoms with Crippen molar-refractivity contribution < 1.29 is 5.11 Å². The minimum Gasteiger partial charge on any atom is -0.387 e. The molecule has 1 aromatic rings. The molecule has 2 heteroatoms. The second-order valence-electron chi connectivity index (χ2n) is 6.08. The predicted molar refractivity (Wildman–Crippen MR) is 80.4 cm³/mol. The molecule has 2 rings (SSSR count). The Hall–Kier alpha value is -0.860. The molecule has 1 saturated carbocycles. The summed E-state index contributed by atoms with van der Waals surface area (Å²) in [5.74, 6) is 0.548. The van der Waals surface area contributed by atoms with Gasteiger partial charge in [-0.2, -0.15) is 0 Å². The Morgan fingerprint density at radius 3 is 2.21 bits per heavy atom. The highest BCUT2D eigenvalue weighted by Crippen LogP contribution is 2.20. The third-order valence-electron chi connectivity index (χ3n) is 4.19. The molecule has 0 aliphatic heterocycles. The summed E-state index contributed by atoms with van der Waals surface area (Å²) in [6.45, 7) is 5.05. The Kier molecular flexibility index (Phi) is 5.41. The highest BCUT2D eigenvalue weighted by atomic mass is 16.3. The third-order valence-corrected chi connectivity index (χ3v) is 4.19. The quantitative estimate of drug-likeness (QED) is 0.845. The van der Waals surface area contributed by atoms with Crippen molar-refractivity contribution in [2.45, 2.75) is 64.0 Å². The molecule has 1 aliphatic carbocycles. The Labute approximate surface area is 117 Å². The van der Waals surface area contributed by atoms with Gasteiger partial charge in [0.25, 0.3) is 0 Å². The maximum Gasteiger partial charge on any atom is 0.0914 e. The molecular formula is C17H27NO. The molecule has 1 fully saturated rings. The van der Waals surface area contributed by atoms with Crippen molar-refractivity contribution in [1.29, 1.82) is 0 Å². The lowest BCUT2D eigenvalue weighted by Gasteiger charge is -2.24. The van der Waals surface area contributed by atoms with Crippen LogP contribution in [0.25, 0.3) is 0 Å². The average Bonchev–Trinajstić information content (AvgIpc) is 2.46. The molecule has 1 aliphatic rings. The van der Waals surface area contributed by atoms with E-state index in [1.165, 1.54) is 37.7 Å². The van der Waals surface area contributed by atoms with Crippen molar-refractivity contribution in [1.82, 2.24) is 5.32 Å². The van der Waals surface area contributed by atoms with Crippen LogP contribution in [0, 0.1) is 0 Å². The Balaban J connectivity index is 1.83. The summed E-state index contributed by atoms with van der Waals surface area (Å²) in [6.07, 6.45) is 6.17. The summed E-state index contributed by atoms with van der Waals surface area (Å²) in [6, 6.07) is 8.98. The fraction of sp³-hybridized carbons (Fsp3) is 0.647. The average molecular weight is 261 g/mol. The maximum absolute atomic E-state index is 10.2. The summed E-state index contributed by atoms with van der Waals surface area (Å²) >= 11 is 0. The van der Waals surface area contributed by atoms with Crippen LogP contribution in [-0.4, -0.2) is 17.7 Å². The number of aliphatic hydroxyl groups is 1. The highest BCUT2D eigenvalue weighted by Gasteiger charge is 2.15. The van der Waals surface area contributed by atoms with Gasteiger partial charge in [0.2, 0.25) is 0 Å². The lowest BCUT2D eigenvalue weighted by atomic mass is 9.95. The van der Waals surface area contributed by atoms with E-state index in [-0.39, 0.29) is 6.10 Å². The number of benzene rings is 1. The van der Waals surface area contributed by atoms with Crippen LogP contribution in [0.5, 0.6) is 0 Å². The maximum atomic E-state index is 10.2. The molecule has 19 heavy (non-hydrogen) atoms. The van der Waals surface area contributed by atoms with Gasteiger partial charge in [-0.15, -0.1) is 0 Å². The molecule has 2 nitrogen and oxygen atoms in total. The van der Waals surface area contributed by atoms with Gasteiger partial charge < -0.3 is 10.4 Å². The zero-order valence-electron chi connectivity index (χ0n) is 12.2. The Morgan fingerprint density at radius 2 is 1.63 bits per heavy atom. The summed E-state index contributed by atoms with van der Waals surface area (Å²) in [5, 5.41) is 13.7. The van der Waals surface area contributed by atoms with Gasteiger partial charge in [-0.05, 0) is 29.9 Å². The normalized spacial score (nSPS) is 18.7. The summed E-state index contributed by atoms with van der Waals surface area (Å²) in [7, 11) is 0. The minimum atomic E-state index is -0.386. The van der Waals surface area contributed by atoms with E-state index in [1.807, 2.05) is 0 Å². The first-order chi connectivity index (χ1) is 9.16. The molecule has 0 saturated heterocycles. The van der Waals surface area contributed by atoms with Gasteiger partial charge in [-0.1, -0.05) is 57.4 Å². The first-order valence-electron chi connectivity index (χ1n) is 7.68. The van der Waals surface area contributed by atoms with Gasteiger partial charge in [-0.3, -0.25) is 0 Å². The van der Waals surface area contributed by atoms with Gasteiger partial charge >= 0.3 is 0 Å². The lowest BCUT2D eigenvalue weighted by Crippen LogP contribution is -2.34. The van der Waals surface area contributed by atoms with Crippen LogP contribution in [0.1, 0.15) is 69.1 Å². The van der Waals surface area contributed by atoms with Gasteiger partial charge in [0, 0.05) is 12.6 Å². The first-order valence-corrected chi connectivity index (χ1v) is 7.68. The summed E-state index contributed by atoms with van der Waals surface area (Å²) in [4.78, 5) is 0. The molecule has 0 spiro atoms. The van der Waals surface area contributed by atoms with E-state index < -0.39 is 0 Å². The molecule has 106 valence electrons. The van der Waals surface area contributed by atoms with E-state index in [9.17, 15) is 5.11 Å². The SMILES string of the molecule is CC(C)c1ccc(C(O)CNC2CCCCC2)cc1. The molecule has 0 aromatic heterocycles. The molecule has 2 N–H and O–H groups in total. The number of aliphatic hydroxyl groups excluding tert-OH is 1. The first kappa shape index (κ1) is 14.5. The van der Waals surface area contributed by atoms with E-state index in [0.29, 0.717) is 18.5 Å². The fourth-order valence-electron chi connectivity index (χ4n) is 2.81.